The maximum Gasteiger partial charge on any atom is 0.123 e. The highest BCUT2D eigenvalue weighted by Gasteiger charge is 2.23. The lowest BCUT2D eigenvalue weighted by Crippen LogP contribution is -2.05. The Labute approximate surface area is 55.8 Å². The van der Waals surface area contributed by atoms with Gasteiger partial charge in [0, 0.05) is 5.92 Å². The number of carbonyl (C=O) groups excluding carboxylic acids is 1. The molecule has 0 spiro atoms. The van der Waals surface area contributed by atoms with Gasteiger partial charge in [-0.2, -0.15) is 0 Å². The molecule has 0 heterocycles. The molecule has 0 aromatic heterocycles. The van der Waals surface area contributed by atoms with Gasteiger partial charge < -0.3 is 4.79 Å². The Kier molecular flexibility index (Phi) is 2.04. The van der Waals surface area contributed by atoms with Gasteiger partial charge >= 0.3 is 0 Å². The van der Waals surface area contributed by atoms with E-state index < -0.39 is 0 Å². The van der Waals surface area contributed by atoms with Gasteiger partial charge in [-0.15, -0.1) is 6.58 Å². The van der Waals surface area contributed by atoms with Crippen LogP contribution in [0.25, 0.3) is 0 Å². The van der Waals surface area contributed by atoms with Crippen LogP contribution in [-0.4, -0.2) is 6.29 Å². The lowest BCUT2D eigenvalue weighted by molar-refractivity contribution is -0.111. The Balaban J connectivity index is 2.50. The molecule has 9 heavy (non-hydrogen) atoms. The molecule has 0 amide bonds. The van der Waals surface area contributed by atoms with Crippen molar-refractivity contribution in [2.45, 2.75) is 19.3 Å². The van der Waals surface area contributed by atoms with Crippen LogP contribution >= 0.6 is 0 Å². The maximum atomic E-state index is 10.3. The smallest absolute Gasteiger partial charge is 0.123 e. The van der Waals surface area contributed by atoms with Gasteiger partial charge in [0.05, 0.1) is 0 Å². The molecule has 0 N–H and O–H groups in total. The van der Waals surface area contributed by atoms with E-state index in [0.717, 1.165) is 19.1 Å². The van der Waals surface area contributed by atoms with E-state index in [2.05, 4.69) is 6.58 Å². The normalized spacial score (nSPS) is 34.2. The standard InChI is InChI=1S/C8H12O/c1-2-7-4-3-5-8(7)6-9/h2,6-8H,1,3-5H2/t7-,8-/m0/s1. The molecule has 0 unspecified atom stereocenters. The highest BCUT2D eigenvalue weighted by Crippen LogP contribution is 2.30. The van der Waals surface area contributed by atoms with Gasteiger partial charge in [0.1, 0.15) is 6.29 Å². The summed E-state index contributed by atoms with van der Waals surface area (Å²) in [5.74, 6) is 0.755. The van der Waals surface area contributed by atoms with Crippen molar-refractivity contribution in [1.82, 2.24) is 0 Å². The first kappa shape index (κ1) is 6.53. The van der Waals surface area contributed by atoms with Crippen molar-refractivity contribution in [2.75, 3.05) is 0 Å². The minimum atomic E-state index is 0.280. The van der Waals surface area contributed by atoms with Gasteiger partial charge in [0.15, 0.2) is 0 Å². The van der Waals surface area contributed by atoms with Crippen LogP contribution in [0.5, 0.6) is 0 Å². The average molecular weight is 124 g/mol. The van der Waals surface area contributed by atoms with Crippen molar-refractivity contribution in [3.05, 3.63) is 12.7 Å². The summed E-state index contributed by atoms with van der Waals surface area (Å²) in [6.07, 6.45) is 6.40. The third-order valence-electron chi connectivity index (χ3n) is 2.10. The van der Waals surface area contributed by atoms with Crippen LogP contribution in [0, 0.1) is 11.8 Å². The molecule has 0 aromatic rings. The number of rotatable bonds is 2. The Morgan fingerprint density at radius 3 is 2.44 bits per heavy atom. The van der Waals surface area contributed by atoms with Crippen LogP contribution in [0.2, 0.25) is 0 Å². The number of hydrogen-bond donors (Lipinski definition) is 0. The zero-order valence-corrected chi connectivity index (χ0v) is 5.55. The van der Waals surface area contributed by atoms with Gasteiger partial charge in [-0.25, -0.2) is 0 Å². The fraction of sp³-hybridized carbons (Fsp3) is 0.625. The molecular weight excluding hydrogens is 112 g/mol. The van der Waals surface area contributed by atoms with E-state index in [9.17, 15) is 4.79 Å². The maximum absolute atomic E-state index is 10.3. The Morgan fingerprint density at radius 2 is 2.00 bits per heavy atom. The second-order valence-electron chi connectivity index (χ2n) is 2.63. The molecule has 1 nitrogen and oxygen atoms in total. The summed E-state index contributed by atoms with van der Waals surface area (Å²) in [5.41, 5.74) is 0. The molecule has 1 rings (SSSR count). The van der Waals surface area contributed by atoms with Crippen molar-refractivity contribution in [1.29, 1.82) is 0 Å². The SMILES string of the molecule is C=C[C@H]1CCC[C@H]1C=O. The average Bonchev–Trinajstić information content (AvgIpc) is 2.33. The third-order valence-corrected chi connectivity index (χ3v) is 2.10. The first-order valence-corrected chi connectivity index (χ1v) is 3.46. The molecule has 0 aliphatic heterocycles. The van der Waals surface area contributed by atoms with Crippen molar-refractivity contribution < 1.29 is 4.79 Å². The Hall–Kier alpha value is -0.590. The first-order valence-electron chi connectivity index (χ1n) is 3.46. The molecule has 1 heteroatoms. The summed E-state index contributed by atoms with van der Waals surface area (Å²) in [4.78, 5) is 10.3. The van der Waals surface area contributed by atoms with Gasteiger partial charge in [-0.05, 0) is 18.8 Å². The van der Waals surface area contributed by atoms with Gasteiger partial charge in [-0.3, -0.25) is 0 Å². The summed E-state index contributed by atoms with van der Waals surface area (Å²) < 4.78 is 0. The molecular formula is C8H12O. The lowest BCUT2D eigenvalue weighted by atomic mass is 9.98. The second kappa shape index (κ2) is 2.81. The van der Waals surface area contributed by atoms with E-state index in [1.165, 1.54) is 6.42 Å². The topological polar surface area (TPSA) is 17.1 Å². The van der Waals surface area contributed by atoms with Crippen LogP contribution in [-0.2, 0) is 4.79 Å². The lowest BCUT2D eigenvalue weighted by Gasteiger charge is -2.05. The highest BCUT2D eigenvalue weighted by molar-refractivity contribution is 5.55. The molecule has 0 bridgehead atoms. The van der Waals surface area contributed by atoms with E-state index in [0.29, 0.717) is 5.92 Å². The second-order valence-corrected chi connectivity index (χ2v) is 2.63. The summed E-state index contributed by atoms with van der Waals surface area (Å²) in [6.45, 7) is 3.68. The molecule has 0 saturated heterocycles. The van der Waals surface area contributed by atoms with Crippen LogP contribution in [0.1, 0.15) is 19.3 Å². The van der Waals surface area contributed by atoms with Crippen LogP contribution < -0.4 is 0 Å². The molecule has 1 saturated carbocycles. The molecule has 1 aliphatic carbocycles. The molecule has 2 atom stereocenters. The minimum absolute atomic E-state index is 0.280. The monoisotopic (exact) mass is 124 g/mol. The molecule has 0 radical (unpaired) electrons. The van der Waals surface area contributed by atoms with Crippen LogP contribution in [0.4, 0.5) is 0 Å². The summed E-state index contributed by atoms with van der Waals surface area (Å²) >= 11 is 0. The number of aldehydes is 1. The van der Waals surface area contributed by atoms with Crippen molar-refractivity contribution in [2.24, 2.45) is 11.8 Å². The van der Waals surface area contributed by atoms with E-state index in [4.69, 9.17) is 0 Å². The van der Waals surface area contributed by atoms with Crippen LogP contribution in [0.3, 0.4) is 0 Å². The minimum Gasteiger partial charge on any atom is -0.303 e. The summed E-state index contributed by atoms with van der Waals surface area (Å²) in [6, 6.07) is 0. The van der Waals surface area contributed by atoms with Crippen LogP contribution in [0.15, 0.2) is 12.7 Å². The summed E-state index contributed by atoms with van der Waals surface area (Å²) in [7, 11) is 0. The van der Waals surface area contributed by atoms with E-state index in [1.54, 1.807) is 0 Å². The van der Waals surface area contributed by atoms with E-state index in [-0.39, 0.29) is 5.92 Å². The number of hydrogen-bond acceptors (Lipinski definition) is 1. The quantitative estimate of drug-likeness (QED) is 0.405. The molecule has 1 aliphatic rings. The Bertz CT molecular complexity index is 104. The third kappa shape index (κ3) is 1.21. The number of allylic oxidation sites excluding steroid dienone is 1. The van der Waals surface area contributed by atoms with E-state index >= 15 is 0 Å². The van der Waals surface area contributed by atoms with Gasteiger partial charge in [-0.1, -0.05) is 12.5 Å². The fourth-order valence-electron chi connectivity index (χ4n) is 1.48. The molecule has 50 valence electrons. The Morgan fingerprint density at radius 1 is 1.33 bits per heavy atom. The predicted octanol–water partition coefficient (Wildman–Crippen LogP) is 1.79. The van der Waals surface area contributed by atoms with Crippen molar-refractivity contribution in [3.63, 3.8) is 0 Å². The highest BCUT2D eigenvalue weighted by atomic mass is 16.1. The van der Waals surface area contributed by atoms with Gasteiger partial charge in [0.2, 0.25) is 0 Å². The molecule has 0 aromatic carbocycles. The number of carbonyl (C=O) groups is 1. The van der Waals surface area contributed by atoms with Crippen molar-refractivity contribution in [3.8, 4) is 0 Å². The fourth-order valence-corrected chi connectivity index (χ4v) is 1.48. The largest absolute Gasteiger partial charge is 0.303 e. The van der Waals surface area contributed by atoms with Crippen molar-refractivity contribution >= 4 is 6.29 Å². The first-order chi connectivity index (χ1) is 4.38. The van der Waals surface area contributed by atoms with E-state index in [1.807, 2.05) is 6.08 Å². The van der Waals surface area contributed by atoms with Gasteiger partial charge in [0.25, 0.3) is 0 Å². The molecule has 1 fully saturated rings. The summed E-state index contributed by atoms with van der Waals surface area (Å²) in [5, 5.41) is 0. The zero-order chi connectivity index (χ0) is 6.69. The zero-order valence-electron chi connectivity index (χ0n) is 5.55. The predicted molar refractivity (Wildman–Crippen MR) is 37.1 cm³/mol.